The number of aryl methyl sites for hydroxylation is 2. The second-order valence-electron chi connectivity index (χ2n) is 5.34. The van der Waals surface area contributed by atoms with Gasteiger partial charge in [0.15, 0.2) is 0 Å². The lowest BCUT2D eigenvalue weighted by atomic mass is 10.1. The number of aromatic nitrogens is 2. The van der Waals surface area contributed by atoms with E-state index < -0.39 is 0 Å². The van der Waals surface area contributed by atoms with Gasteiger partial charge in [-0.1, -0.05) is 31.2 Å². The topological polar surface area (TPSA) is 46.9 Å². The van der Waals surface area contributed by atoms with Gasteiger partial charge in [-0.25, -0.2) is 4.98 Å². The molecule has 1 aromatic heterocycles. The first kappa shape index (κ1) is 14.3. The van der Waals surface area contributed by atoms with Gasteiger partial charge in [0.1, 0.15) is 12.4 Å². The molecule has 4 heteroatoms. The minimum atomic E-state index is -0.0421. The van der Waals surface area contributed by atoms with E-state index in [9.17, 15) is 4.79 Å². The van der Waals surface area contributed by atoms with Crippen LogP contribution in [0.1, 0.15) is 18.3 Å². The molecule has 0 aliphatic carbocycles. The van der Waals surface area contributed by atoms with Crippen molar-refractivity contribution in [1.29, 1.82) is 0 Å². The number of rotatable bonds is 4. The largest absolute Gasteiger partial charge is 0.325 e. The number of amides is 1. The Balaban J connectivity index is 1.79. The lowest BCUT2D eigenvalue weighted by molar-refractivity contribution is -0.116. The van der Waals surface area contributed by atoms with Crippen molar-refractivity contribution in [2.24, 2.45) is 0 Å². The van der Waals surface area contributed by atoms with Crippen LogP contribution in [0.15, 0.2) is 48.5 Å². The molecule has 0 spiro atoms. The van der Waals surface area contributed by atoms with Crippen molar-refractivity contribution in [1.82, 2.24) is 9.55 Å². The third kappa shape index (κ3) is 2.86. The van der Waals surface area contributed by atoms with Gasteiger partial charge < -0.3 is 9.88 Å². The number of nitrogens with zero attached hydrogens (tertiary/aromatic N) is 2. The third-order valence-electron chi connectivity index (χ3n) is 3.77. The van der Waals surface area contributed by atoms with Crippen LogP contribution >= 0.6 is 0 Å². The molecule has 0 unspecified atom stereocenters. The Hall–Kier alpha value is -2.62. The number of anilines is 1. The van der Waals surface area contributed by atoms with Crippen LogP contribution in [0.3, 0.4) is 0 Å². The second-order valence-corrected chi connectivity index (χ2v) is 5.34. The molecule has 1 amide bonds. The standard InChI is InChI=1S/C18H19N3O/c1-3-14-7-6-8-15(11-14)20-18(22)12-21-13(2)19-16-9-4-5-10-17(16)21/h4-11H,3,12H2,1-2H3,(H,20,22). The summed E-state index contributed by atoms with van der Waals surface area (Å²) in [7, 11) is 0. The van der Waals surface area contributed by atoms with Gasteiger partial charge in [-0.05, 0) is 43.2 Å². The van der Waals surface area contributed by atoms with E-state index in [-0.39, 0.29) is 12.5 Å². The highest BCUT2D eigenvalue weighted by Crippen LogP contribution is 2.16. The fraction of sp³-hybridized carbons (Fsp3) is 0.222. The molecule has 4 nitrogen and oxygen atoms in total. The van der Waals surface area contributed by atoms with Gasteiger partial charge in [0.05, 0.1) is 11.0 Å². The average molecular weight is 293 g/mol. The summed E-state index contributed by atoms with van der Waals surface area (Å²) >= 11 is 0. The minimum absolute atomic E-state index is 0.0421. The zero-order valence-corrected chi connectivity index (χ0v) is 12.8. The number of hydrogen-bond acceptors (Lipinski definition) is 2. The smallest absolute Gasteiger partial charge is 0.244 e. The predicted octanol–water partition coefficient (Wildman–Crippen LogP) is 3.55. The molecule has 2 aromatic carbocycles. The molecule has 22 heavy (non-hydrogen) atoms. The minimum Gasteiger partial charge on any atom is -0.325 e. The molecule has 0 aliphatic rings. The molecule has 112 valence electrons. The molecule has 0 saturated heterocycles. The molecular weight excluding hydrogens is 274 g/mol. The summed E-state index contributed by atoms with van der Waals surface area (Å²) in [6.07, 6.45) is 0.953. The van der Waals surface area contributed by atoms with Crippen molar-refractivity contribution in [3.05, 3.63) is 59.9 Å². The number of carbonyl (C=O) groups is 1. The number of nitrogens with one attached hydrogen (secondary N) is 1. The van der Waals surface area contributed by atoms with E-state index in [1.807, 2.05) is 54.0 Å². The van der Waals surface area contributed by atoms with E-state index in [1.165, 1.54) is 5.56 Å². The normalized spacial score (nSPS) is 10.8. The van der Waals surface area contributed by atoms with Crippen molar-refractivity contribution in [2.75, 3.05) is 5.32 Å². The number of benzene rings is 2. The first-order valence-corrected chi connectivity index (χ1v) is 7.48. The van der Waals surface area contributed by atoms with Crippen LogP contribution in [0.5, 0.6) is 0 Å². The summed E-state index contributed by atoms with van der Waals surface area (Å²) in [5.41, 5.74) is 3.95. The lowest BCUT2D eigenvalue weighted by Crippen LogP contribution is -2.19. The first-order valence-electron chi connectivity index (χ1n) is 7.48. The molecule has 0 aliphatic heterocycles. The summed E-state index contributed by atoms with van der Waals surface area (Å²) in [4.78, 5) is 16.8. The van der Waals surface area contributed by atoms with Crippen LogP contribution in [0.25, 0.3) is 11.0 Å². The number of para-hydroxylation sites is 2. The molecule has 1 N–H and O–H groups in total. The van der Waals surface area contributed by atoms with E-state index >= 15 is 0 Å². The number of hydrogen-bond donors (Lipinski definition) is 1. The highest BCUT2D eigenvalue weighted by atomic mass is 16.1. The molecular formula is C18H19N3O. The Bertz CT molecular complexity index is 820. The third-order valence-corrected chi connectivity index (χ3v) is 3.77. The zero-order valence-electron chi connectivity index (χ0n) is 12.8. The van der Waals surface area contributed by atoms with Gasteiger partial charge in [-0.2, -0.15) is 0 Å². The van der Waals surface area contributed by atoms with E-state index in [1.54, 1.807) is 0 Å². The molecule has 3 aromatic rings. The fourth-order valence-electron chi connectivity index (χ4n) is 2.61. The van der Waals surface area contributed by atoms with Crippen LogP contribution < -0.4 is 5.32 Å². The Morgan fingerprint density at radius 3 is 2.82 bits per heavy atom. The molecule has 0 radical (unpaired) electrons. The number of carbonyl (C=O) groups excluding carboxylic acids is 1. The number of fused-ring (bicyclic) bond motifs is 1. The maximum Gasteiger partial charge on any atom is 0.244 e. The highest BCUT2D eigenvalue weighted by molar-refractivity contribution is 5.91. The quantitative estimate of drug-likeness (QED) is 0.799. The SMILES string of the molecule is CCc1cccc(NC(=O)Cn2c(C)nc3ccccc32)c1. The van der Waals surface area contributed by atoms with E-state index in [4.69, 9.17) is 0 Å². The Morgan fingerprint density at radius 1 is 1.18 bits per heavy atom. The van der Waals surface area contributed by atoms with E-state index in [0.29, 0.717) is 0 Å². The fourth-order valence-corrected chi connectivity index (χ4v) is 2.61. The van der Waals surface area contributed by atoms with Crippen molar-refractivity contribution < 1.29 is 4.79 Å². The zero-order chi connectivity index (χ0) is 15.5. The molecule has 3 rings (SSSR count). The molecule has 0 bridgehead atoms. The van der Waals surface area contributed by atoms with Crippen molar-refractivity contribution >= 4 is 22.6 Å². The van der Waals surface area contributed by atoms with Crippen molar-refractivity contribution in [3.8, 4) is 0 Å². The summed E-state index contributed by atoms with van der Waals surface area (Å²) < 4.78 is 1.94. The van der Waals surface area contributed by atoms with Gasteiger partial charge in [-0.3, -0.25) is 4.79 Å². The van der Waals surface area contributed by atoms with Crippen LogP contribution in [-0.2, 0) is 17.8 Å². The van der Waals surface area contributed by atoms with E-state index in [0.717, 1.165) is 29.0 Å². The van der Waals surface area contributed by atoms with Gasteiger partial charge in [-0.15, -0.1) is 0 Å². The lowest BCUT2D eigenvalue weighted by Gasteiger charge is -2.09. The maximum absolute atomic E-state index is 12.3. The Labute approximate surface area is 129 Å². The average Bonchev–Trinajstić information content (AvgIpc) is 2.83. The highest BCUT2D eigenvalue weighted by Gasteiger charge is 2.10. The van der Waals surface area contributed by atoms with Gasteiger partial charge in [0.25, 0.3) is 0 Å². The van der Waals surface area contributed by atoms with Crippen molar-refractivity contribution in [3.63, 3.8) is 0 Å². The monoisotopic (exact) mass is 293 g/mol. The summed E-state index contributed by atoms with van der Waals surface area (Å²) in [6, 6.07) is 15.8. The molecule has 0 saturated carbocycles. The predicted molar refractivity (Wildman–Crippen MR) is 88.9 cm³/mol. The molecule has 1 heterocycles. The summed E-state index contributed by atoms with van der Waals surface area (Å²) in [5.74, 6) is 0.804. The van der Waals surface area contributed by atoms with Gasteiger partial charge in [0, 0.05) is 5.69 Å². The van der Waals surface area contributed by atoms with Crippen LogP contribution in [0.2, 0.25) is 0 Å². The maximum atomic E-state index is 12.3. The number of imidazole rings is 1. The Morgan fingerprint density at radius 2 is 2.00 bits per heavy atom. The van der Waals surface area contributed by atoms with Gasteiger partial charge >= 0.3 is 0 Å². The second kappa shape index (κ2) is 6.02. The molecule has 0 fully saturated rings. The van der Waals surface area contributed by atoms with Crippen LogP contribution in [-0.4, -0.2) is 15.5 Å². The van der Waals surface area contributed by atoms with Crippen LogP contribution in [0.4, 0.5) is 5.69 Å². The first-order chi connectivity index (χ1) is 10.7. The van der Waals surface area contributed by atoms with Gasteiger partial charge in [0.2, 0.25) is 5.91 Å². The molecule has 0 atom stereocenters. The van der Waals surface area contributed by atoms with E-state index in [2.05, 4.69) is 23.3 Å². The van der Waals surface area contributed by atoms with Crippen LogP contribution in [0, 0.1) is 6.92 Å². The Kier molecular flexibility index (Phi) is 3.92. The van der Waals surface area contributed by atoms with Crippen molar-refractivity contribution in [2.45, 2.75) is 26.8 Å². The summed E-state index contributed by atoms with van der Waals surface area (Å²) in [6.45, 7) is 4.29. The summed E-state index contributed by atoms with van der Waals surface area (Å²) in [5, 5.41) is 2.96.